The second kappa shape index (κ2) is 5.99. The molecule has 0 spiro atoms. The normalized spacial score (nSPS) is 16.9. The smallest absolute Gasteiger partial charge is 0.255 e. The minimum absolute atomic E-state index is 0.107. The summed E-state index contributed by atoms with van der Waals surface area (Å²) in [5, 5.41) is 0. The first-order chi connectivity index (χ1) is 11.3. The van der Waals surface area contributed by atoms with Gasteiger partial charge in [-0.05, 0) is 48.4 Å². The highest BCUT2D eigenvalue weighted by molar-refractivity contribution is 5.94. The zero-order valence-electron chi connectivity index (χ0n) is 13.2. The summed E-state index contributed by atoms with van der Waals surface area (Å²) in [5.74, 6) is 0.107. The zero-order valence-corrected chi connectivity index (χ0v) is 13.2. The maximum atomic E-state index is 12.7. The van der Waals surface area contributed by atoms with Crippen molar-refractivity contribution in [3.63, 3.8) is 0 Å². The van der Waals surface area contributed by atoms with E-state index in [1.807, 2.05) is 17.0 Å². The molecule has 1 aliphatic heterocycles. The van der Waals surface area contributed by atoms with Crippen LogP contribution >= 0.6 is 0 Å². The van der Waals surface area contributed by atoms with Gasteiger partial charge in [0.1, 0.15) is 0 Å². The number of pyridine rings is 1. The third-order valence-corrected chi connectivity index (χ3v) is 4.81. The van der Waals surface area contributed by atoms with E-state index >= 15 is 0 Å². The Balaban J connectivity index is 1.50. The molecule has 0 bridgehead atoms. The quantitative estimate of drug-likeness (QED) is 0.851. The molecule has 23 heavy (non-hydrogen) atoms. The van der Waals surface area contributed by atoms with E-state index in [-0.39, 0.29) is 5.91 Å². The number of hydrogen-bond donors (Lipinski definition) is 0. The molecule has 3 nitrogen and oxygen atoms in total. The van der Waals surface area contributed by atoms with Crippen LogP contribution in [0.4, 0.5) is 0 Å². The summed E-state index contributed by atoms with van der Waals surface area (Å²) < 4.78 is 0. The second-order valence-corrected chi connectivity index (χ2v) is 6.28. The molecule has 0 fully saturated rings. The lowest BCUT2D eigenvalue weighted by molar-refractivity contribution is 0.0772. The van der Waals surface area contributed by atoms with Crippen LogP contribution in [-0.4, -0.2) is 28.9 Å². The molecule has 0 saturated heterocycles. The molecule has 1 aliphatic carbocycles. The number of benzene rings is 1. The molecule has 2 aromatic rings. The SMILES string of the molecule is O=C(c1cnc2c(c1)CCC2)N1CC=C(c2ccccc2)CC1. The monoisotopic (exact) mass is 304 g/mol. The first-order valence-corrected chi connectivity index (χ1v) is 8.33. The maximum Gasteiger partial charge on any atom is 0.255 e. The summed E-state index contributed by atoms with van der Waals surface area (Å²) in [6.45, 7) is 1.46. The number of nitrogens with zero attached hydrogens (tertiary/aromatic N) is 2. The van der Waals surface area contributed by atoms with Crippen LogP contribution in [0, 0.1) is 0 Å². The fourth-order valence-electron chi connectivity index (χ4n) is 3.49. The average Bonchev–Trinajstić information content (AvgIpc) is 3.10. The highest BCUT2D eigenvalue weighted by atomic mass is 16.2. The topological polar surface area (TPSA) is 33.2 Å². The molecule has 0 unspecified atom stereocenters. The number of aryl methyl sites for hydroxylation is 2. The van der Waals surface area contributed by atoms with Gasteiger partial charge in [-0.3, -0.25) is 9.78 Å². The van der Waals surface area contributed by atoms with Crippen molar-refractivity contribution in [2.45, 2.75) is 25.7 Å². The summed E-state index contributed by atoms with van der Waals surface area (Å²) >= 11 is 0. The Kier molecular flexibility index (Phi) is 3.70. The van der Waals surface area contributed by atoms with E-state index in [2.05, 4.69) is 35.3 Å². The minimum Gasteiger partial charge on any atom is -0.335 e. The molecular weight excluding hydrogens is 284 g/mol. The van der Waals surface area contributed by atoms with E-state index in [1.54, 1.807) is 6.20 Å². The lowest BCUT2D eigenvalue weighted by Gasteiger charge is -2.27. The number of rotatable bonds is 2. The van der Waals surface area contributed by atoms with Crippen LogP contribution in [0.3, 0.4) is 0 Å². The Bertz CT molecular complexity index is 764. The van der Waals surface area contributed by atoms with Crippen molar-refractivity contribution >= 4 is 11.5 Å². The Morgan fingerprint density at radius 3 is 2.74 bits per heavy atom. The van der Waals surface area contributed by atoms with E-state index in [0.29, 0.717) is 6.54 Å². The van der Waals surface area contributed by atoms with Gasteiger partial charge in [0.2, 0.25) is 0 Å². The van der Waals surface area contributed by atoms with Gasteiger partial charge in [-0.2, -0.15) is 0 Å². The highest BCUT2D eigenvalue weighted by Crippen LogP contribution is 2.24. The average molecular weight is 304 g/mol. The van der Waals surface area contributed by atoms with Gasteiger partial charge in [0.15, 0.2) is 0 Å². The van der Waals surface area contributed by atoms with Gasteiger partial charge in [0, 0.05) is 25.0 Å². The van der Waals surface area contributed by atoms with Crippen molar-refractivity contribution in [3.8, 4) is 0 Å². The van der Waals surface area contributed by atoms with Crippen molar-refractivity contribution in [2.24, 2.45) is 0 Å². The third-order valence-electron chi connectivity index (χ3n) is 4.81. The highest BCUT2D eigenvalue weighted by Gasteiger charge is 2.21. The van der Waals surface area contributed by atoms with E-state index in [4.69, 9.17) is 0 Å². The lowest BCUT2D eigenvalue weighted by atomic mass is 9.99. The molecule has 1 aromatic carbocycles. The second-order valence-electron chi connectivity index (χ2n) is 6.28. The van der Waals surface area contributed by atoms with Crippen LogP contribution in [0.5, 0.6) is 0 Å². The first kappa shape index (κ1) is 14.2. The van der Waals surface area contributed by atoms with Crippen molar-refractivity contribution in [2.75, 3.05) is 13.1 Å². The molecule has 0 N–H and O–H groups in total. The van der Waals surface area contributed by atoms with Gasteiger partial charge in [-0.25, -0.2) is 0 Å². The molecule has 1 amide bonds. The van der Waals surface area contributed by atoms with Crippen LogP contribution in [0.25, 0.3) is 5.57 Å². The van der Waals surface area contributed by atoms with E-state index < -0.39 is 0 Å². The summed E-state index contributed by atoms with van der Waals surface area (Å²) in [7, 11) is 0. The number of hydrogen-bond acceptors (Lipinski definition) is 2. The van der Waals surface area contributed by atoms with Gasteiger partial charge in [0.25, 0.3) is 5.91 Å². The van der Waals surface area contributed by atoms with Crippen LogP contribution in [0.1, 0.15) is 40.0 Å². The molecule has 3 heteroatoms. The maximum absolute atomic E-state index is 12.7. The molecule has 1 aromatic heterocycles. The Morgan fingerprint density at radius 1 is 1.09 bits per heavy atom. The summed E-state index contributed by atoms with van der Waals surface area (Å²) in [6.07, 6.45) is 8.11. The molecule has 116 valence electrons. The molecule has 0 atom stereocenters. The number of carbonyl (C=O) groups is 1. The first-order valence-electron chi connectivity index (χ1n) is 8.33. The van der Waals surface area contributed by atoms with Crippen molar-refractivity contribution < 1.29 is 4.79 Å². The fourth-order valence-corrected chi connectivity index (χ4v) is 3.49. The Hall–Kier alpha value is -2.42. The van der Waals surface area contributed by atoms with E-state index in [9.17, 15) is 4.79 Å². The molecular formula is C20H20N2O. The Labute approximate surface area is 136 Å². The summed E-state index contributed by atoms with van der Waals surface area (Å²) in [4.78, 5) is 19.1. The van der Waals surface area contributed by atoms with Crippen molar-refractivity contribution in [1.82, 2.24) is 9.88 Å². The van der Waals surface area contributed by atoms with Crippen LogP contribution in [0.2, 0.25) is 0 Å². The predicted octanol–water partition coefficient (Wildman–Crippen LogP) is 3.50. The Morgan fingerprint density at radius 2 is 1.96 bits per heavy atom. The standard InChI is InChI=1S/C20H20N2O/c23-20(18-13-17-7-4-8-19(17)21-14-18)22-11-9-16(10-12-22)15-5-2-1-3-6-15/h1-3,5-6,9,13-14H,4,7-8,10-12H2. The van der Waals surface area contributed by atoms with Crippen LogP contribution in [0.15, 0.2) is 48.7 Å². The summed E-state index contributed by atoms with van der Waals surface area (Å²) in [5.41, 5.74) is 5.77. The van der Waals surface area contributed by atoms with Gasteiger partial charge in [-0.15, -0.1) is 0 Å². The zero-order chi connectivity index (χ0) is 15.6. The molecule has 4 rings (SSSR count). The van der Waals surface area contributed by atoms with Gasteiger partial charge in [-0.1, -0.05) is 36.4 Å². The number of amides is 1. The third kappa shape index (κ3) is 2.79. The van der Waals surface area contributed by atoms with Crippen LogP contribution < -0.4 is 0 Å². The molecule has 2 aliphatic rings. The molecule has 0 radical (unpaired) electrons. The molecule has 2 heterocycles. The van der Waals surface area contributed by atoms with E-state index in [0.717, 1.165) is 37.8 Å². The van der Waals surface area contributed by atoms with E-state index in [1.165, 1.54) is 22.4 Å². The largest absolute Gasteiger partial charge is 0.335 e. The predicted molar refractivity (Wildman–Crippen MR) is 91.2 cm³/mol. The summed E-state index contributed by atoms with van der Waals surface area (Å²) in [6, 6.07) is 12.5. The van der Waals surface area contributed by atoms with Gasteiger partial charge >= 0.3 is 0 Å². The van der Waals surface area contributed by atoms with Crippen molar-refractivity contribution in [3.05, 3.63) is 71.1 Å². The fraction of sp³-hybridized carbons (Fsp3) is 0.300. The van der Waals surface area contributed by atoms with Crippen molar-refractivity contribution in [1.29, 1.82) is 0 Å². The van der Waals surface area contributed by atoms with Gasteiger partial charge in [0.05, 0.1) is 5.56 Å². The number of aromatic nitrogens is 1. The van der Waals surface area contributed by atoms with Crippen LogP contribution in [-0.2, 0) is 12.8 Å². The number of carbonyl (C=O) groups excluding carboxylic acids is 1. The minimum atomic E-state index is 0.107. The lowest BCUT2D eigenvalue weighted by Crippen LogP contribution is -2.34. The number of fused-ring (bicyclic) bond motifs is 1. The van der Waals surface area contributed by atoms with Gasteiger partial charge < -0.3 is 4.90 Å². The molecule has 0 saturated carbocycles.